The van der Waals surface area contributed by atoms with E-state index in [0.29, 0.717) is 94.0 Å². The standard InChI is InChI=1S/C32H37F6N3O4S/c1-2-45-19-18-40-14-16-41(17-15-40)27(42)13-9-21-8-12-26(29(32(36,37)38)28(21)31(33,34)35)46-25-5-3-4-24(20-25)39-23-10-6-22(7-11-23)30(43)44/h3-5,8-9,12-13,20,22-23,39H,2,6-7,10-11,14-19H2,1H3,(H,43,44)/b13-9+. The minimum absolute atomic E-state index is 0.0310. The number of hydrogen-bond acceptors (Lipinski definition) is 6. The highest BCUT2D eigenvalue weighted by atomic mass is 32.2. The van der Waals surface area contributed by atoms with Gasteiger partial charge in [0.2, 0.25) is 5.91 Å². The zero-order valence-corrected chi connectivity index (χ0v) is 26.1. The summed E-state index contributed by atoms with van der Waals surface area (Å²) in [6.07, 6.45) is -6.80. The molecule has 1 aliphatic carbocycles. The molecule has 1 aliphatic heterocycles. The smallest absolute Gasteiger partial charge is 0.418 e. The van der Waals surface area contributed by atoms with Crippen molar-refractivity contribution in [2.75, 3.05) is 51.3 Å². The Morgan fingerprint density at radius 1 is 0.978 bits per heavy atom. The molecule has 1 saturated carbocycles. The molecule has 0 radical (unpaired) electrons. The number of benzene rings is 2. The van der Waals surface area contributed by atoms with Crippen molar-refractivity contribution in [3.05, 3.63) is 59.2 Å². The maximum atomic E-state index is 14.4. The second-order valence-corrected chi connectivity index (χ2v) is 12.4. The predicted molar refractivity (Wildman–Crippen MR) is 163 cm³/mol. The molecule has 2 aromatic rings. The molecule has 0 unspecified atom stereocenters. The van der Waals surface area contributed by atoms with Gasteiger partial charge in [0.05, 0.1) is 23.7 Å². The van der Waals surface area contributed by atoms with Gasteiger partial charge in [-0.1, -0.05) is 23.9 Å². The summed E-state index contributed by atoms with van der Waals surface area (Å²) in [4.78, 5) is 27.2. The van der Waals surface area contributed by atoms with Crippen LogP contribution in [0.3, 0.4) is 0 Å². The highest BCUT2D eigenvalue weighted by molar-refractivity contribution is 7.99. The van der Waals surface area contributed by atoms with E-state index in [9.17, 15) is 41.0 Å². The quantitative estimate of drug-likeness (QED) is 0.149. The summed E-state index contributed by atoms with van der Waals surface area (Å²) < 4.78 is 91.3. The number of nitrogens with zero attached hydrogens (tertiary/aromatic N) is 2. The Kier molecular flexibility index (Phi) is 12.1. The number of amides is 1. The van der Waals surface area contributed by atoms with Crippen LogP contribution in [0.1, 0.15) is 49.3 Å². The fourth-order valence-corrected chi connectivity index (χ4v) is 6.75. The molecule has 0 aromatic heterocycles. The van der Waals surface area contributed by atoms with Gasteiger partial charge in [-0.25, -0.2) is 0 Å². The molecule has 0 bridgehead atoms. The predicted octanol–water partition coefficient (Wildman–Crippen LogP) is 7.12. The highest BCUT2D eigenvalue weighted by Gasteiger charge is 2.46. The van der Waals surface area contributed by atoms with Crippen LogP contribution >= 0.6 is 11.8 Å². The van der Waals surface area contributed by atoms with Crippen LogP contribution in [0.4, 0.5) is 32.0 Å². The first-order chi connectivity index (χ1) is 21.8. The maximum absolute atomic E-state index is 14.4. The highest BCUT2D eigenvalue weighted by Crippen LogP contribution is 2.48. The number of aliphatic carboxylic acids is 1. The lowest BCUT2D eigenvalue weighted by molar-refractivity contribution is -0.163. The van der Waals surface area contributed by atoms with Crippen molar-refractivity contribution >= 4 is 35.4 Å². The first kappa shape index (κ1) is 35.6. The van der Waals surface area contributed by atoms with Crippen molar-refractivity contribution < 1.29 is 45.8 Å². The molecule has 2 aliphatic rings. The van der Waals surface area contributed by atoms with Gasteiger partial charge < -0.3 is 20.1 Å². The third-order valence-corrected chi connectivity index (χ3v) is 9.17. The van der Waals surface area contributed by atoms with Crippen LogP contribution in [-0.4, -0.2) is 78.8 Å². The summed E-state index contributed by atoms with van der Waals surface area (Å²) in [7, 11) is 0. The normalized spacial score (nSPS) is 19.8. The Morgan fingerprint density at radius 3 is 2.26 bits per heavy atom. The number of halogens is 6. The van der Waals surface area contributed by atoms with Gasteiger partial charge in [0.25, 0.3) is 0 Å². The molecule has 4 rings (SSSR count). The lowest BCUT2D eigenvalue weighted by Gasteiger charge is -2.34. The van der Waals surface area contributed by atoms with Crippen LogP contribution in [0.2, 0.25) is 0 Å². The Morgan fingerprint density at radius 2 is 1.65 bits per heavy atom. The molecule has 14 heteroatoms. The second-order valence-electron chi connectivity index (χ2n) is 11.3. The lowest BCUT2D eigenvalue weighted by Crippen LogP contribution is -2.49. The zero-order valence-electron chi connectivity index (χ0n) is 25.3. The molecule has 0 atom stereocenters. The minimum atomic E-state index is -5.35. The number of piperazine rings is 1. The second kappa shape index (κ2) is 15.6. The zero-order chi connectivity index (χ0) is 33.5. The molecular formula is C32H37F6N3O4S. The molecule has 2 aromatic carbocycles. The Balaban J connectivity index is 1.52. The SMILES string of the molecule is CCOCCN1CCN(C(=O)/C=C/c2ccc(Sc3cccc(NC4CCC(C(=O)O)CC4)c3)c(C(F)(F)F)c2C(F)(F)F)CC1. The summed E-state index contributed by atoms with van der Waals surface area (Å²) in [5.74, 6) is -1.83. The monoisotopic (exact) mass is 673 g/mol. The Labute approximate surface area is 268 Å². The summed E-state index contributed by atoms with van der Waals surface area (Å²) in [6.45, 7) is 5.46. The van der Waals surface area contributed by atoms with E-state index in [0.717, 1.165) is 24.3 Å². The molecule has 1 heterocycles. The topological polar surface area (TPSA) is 82.1 Å². The Bertz CT molecular complexity index is 1380. The third kappa shape index (κ3) is 9.64. The molecule has 1 amide bonds. The summed E-state index contributed by atoms with van der Waals surface area (Å²) >= 11 is 0.564. The van der Waals surface area contributed by atoms with Crippen molar-refractivity contribution in [2.24, 2.45) is 5.92 Å². The Hall–Kier alpha value is -3.23. The summed E-state index contributed by atoms with van der Waals surface area (Å²) in [6, 6.07) is 8.28. The van der Waals surface area contributed by atoms with E-state index in [4.69, 9.17) is 4.74 Å². The lowest BCUT2D eigenvalue weighted by atomic mass is 9.86. The third-order valence-electron chi connectivity index (χ3n) is 8.12. The number of carbonyl (C=O) groups excluding carboxylic acids is 1. The molecule has 2 fully saturated rings. The van der Waals surface area contributed by atoms with Crippen molar-refractivity contribution in [1.82, 2.24) is 9.80 Å². The number of anilines is 1. The molecule has 0 spiro atoms. The maximum Gasteiger partial charge on any atom is 0.418 e. The largest absolute Gasteiger partial charge is 0.481 e. The van der Waals surface area contributed by atoms with Crippen LogP contribution < -0.4 is 5.32 Å². The van der Waals surface area contributed by atoms with E-state index in [1.54, 1.807) is 18.2 Å². The van der Waals surface area contributed by atoms with E-state index in [-0.39, 0.29) is 6.04 Å². The van der Waals surface area contributed by atoms with Gasteiger partial charge in [-0.05, 0) is 68.5 Å². The molecule has 2 N–H and O–H groups in total. The average Bonchev–Trinajstić information content (AvgIpc) is 3.00. The summed E-state index contributed by atoms with van der Waals surface area (Å²) in [5.41, 5.74) is -3.84. The number of carboxylic acid groups (broad SMARTS) is 1. The number of rotatable bonds is 11. The van der Waals surface area contributed by atoms with Gasteiger partial charge in [0.15, 0.2) is 0 Å². The minimum Gasteiger partial charge on any atom is -0.481 e. The number of ether oxygens (including phenoxy) is 1. The van der Waals surface area contributed by atoms with Crippen molar-refractivity contribution in [3.63, 3.8) is 0 Å². The number of nitrogens with one attached hydrogen (secondary N) is 1. The van der Waals surface area contributed by atoms with Crippen LogP contribution in [0.25, 0.3) is 6.08 Å². The number of hydrogen-bond donors (Lipinski definition) is 2. The molecular weight excluding hydrogens is 636 g/mol. The van der Waals surface area contributed by atoms with Gasteiger partial charge in [-0.3, -0.25) is 14.5 Å². The summed E-state index contributed by atoms with van der Waals surface area (Å²) in [5, 5.41) is 12.5. The fourth-order valence-electron chi connectivity index (χ4n) is 5.70. The number of carbonyl (C=O) groups is 2. The van der Waals surface area contributed by atoms with E-state index in [2.05, 4.69) is 10.2 Å². The van der Waals surface area contributed by atoms with E-state index >= 15 is 0 Å². The number of carboxylic acids is 1. The fraction of sp³-hybridized carbons (Fsp3) is 0.500. The van der Waals surface area contributed by atoms with Gasteiger partial charge in [-0.2, -0.15) is 26.3 Å². The van der Waals surface area contributed by atoms with Crippen LogP contribution in [0.15, 0.2) is 52.3 Å². The molecule has 1 saturated heterocycles. The van der Waals surface area contributed by atoms with Crippen molar-refractivity contribution in [1.29, 1.82) is 0 Å². The van der Waals surface area contributed by atoms with Gasteiger partial charge in [-0.15, -0.1) is 0 Å². The first-order valence-electron chi connectivity index (χ1n) is 15.1. The average molecular weight is 674 g/mol. The van der Waals surface area contributed by atoms with Gasteiger partial charge >= 0.3 is 18.3 Å². The van der Waals surface area contributed by atoms with E-state index < -0.39 is 51.7 Å². The molecule has 46 heavy (non-hydrogen) atoms. The van der Waals surface area contributed by atoms with Crippen LogP contribution in [0, 0.1) is 5.92 Å². The van der Waals surface area contributed by atoms with E-state index in [1.807, 2.05) is 6.92 Å². The van der Waals surface area contributed by atoms with E-state index in [1.165, 1.54) is 11.0 Å². The van der Waals surface area contributed by atoms with Crippen LogP contribution in [-0.2, 0) is 26.7 Å². The molecule has 252 valence electrons. The van der Waals surface area contributed by atoms with Gasteiger partial charge in [0, 0.05) is 66.9 Å². The van der Waals surface area contributed by atoms with Gasteiger partial charge in [0.1, 0.15) is 0 Å². The molecule has 7 nitrogen and oxygen atoms in total. The van der Waals surface area contributed by atoms with Crippen LogP contribution in [0.5, 0.6) is 0 Å². The van der Waals surface area contributed by atoms with Crippen molar-refractivity contribution in [2.45, 2.75) is 60.8 Å². The first-order valence-corrected chi connectivity index (χ1v) is 15.9. The number of alkyl halides is 6. The van der Waals surface area contributed by atoms with Crippen molar-refractivity contribution in [3.8, 4) is 0 Å².